The number of hydrogen-bond donors (Lipinski definition) is 2. The first-order valence-electron chi connectivity index (χ1n) is 7.39. The molecule has 1 aliphatic carbocycles. The number of carbonyl (C=O) groups is 2. The summed E-state index contributed by atoms with van der Waals surface area (Å²) in [6.07, 6.45) is 7.20. The molecule has 0 saturated heterocycles. The number of anilines is 1. The maximum absolute atomic E-state index is 12.2. The SMILES string of the molecule is CC1=NCC(NC(=O)c2ccnc(NC(=O)C3CC3)c2)C=C1. The largest absolute Gasteiger partial charge is 0.344 e. The summed E-state index contributed by atoms with van der Waals surface area (Å²) in [5.41, 5.74) is 1.43. The van der Waals surface area contributed by atoms with Gasteiger partial charge in [0.2, 0.25) is 5.91 Å². The second-order valence-electron chi connectivity index (χ2n) is 5.61. The predicted octanol–water partition coefficient (Wildman–Crippen LogP) is 1.56. The zero-order chi connectivity index (χ0) is 15.5. The fraction of sp³-hybridized carbons (Fsp3) is 0.375. The van der Waals surface area contributed by atoms with E-state index < -0.39 is 0 Å². The third-order valence-electron chi connectivity index (χ3n) is 3.65. The highest BCUT2D eigenvalue weighted by atomic mass is 16.2. The van der Waals surface area contributed by atoms with Crippen molar-refractivity contribution in [2.45, 2.75) is 25.8 Å². The minimum atomic E-state index is -0.200. The molecule has 1 aromatic heterocycles. The summed E-state index contributed by atoms with van der Waals surface area (Å²) in [7, 11) is 0. The molecule has 2 amide bonds. The highest BCUT2D eigenvalue weighted by Gasteiger charge is 2.29. The minimum absolute atomic E-state index is 0.0231. The van der Waals surface area contributed by atoms with Crippen LogP contribution in [0.4, 0.5) is 5.82 Å². The molecule has 1 saturated carbocycles. The Morgan fingerprint density at radius 3 is 2.82 bits per heavy atom. The normalized spacial score (nSPS) is 20.2. The van der Waals surface area contributed by atoms with Crippen molar-refractivity contribution in [3.8, 4) is 0 Å². The van der Waals surface area contributed by atoms with Gasteiger partial charge in [0.1, 0.15) is 5.82 Å². The Morgan fingerprint density at radius 1 is 1.32 bits per heavy atom. The molecule has 6 heteroatoms. The van der Waals surface area contributed by atoms with E-state index in [2.05, 4.69) is 20.6 Å². The van der Waals surface area contributed by atoms with Crippen LogP contribution in [-0.2, 0) is 4.79 Å². The Morgan fingerprint density at radius 2 is 2.14 bits per heavy atom. The molecule has 2 N–H and O–H groups in total. The molecule has 0 spiro atoms. The van der Waals surface area contributed by atoms with Gasteiger partial charge >= 0.3 is 0 Å². The Kier molecular flexibility index (Phi) is 4.00. The Bertz CT molecular complexity index is 662. The van der Waals surface area contributed by atoms with Crippen molar-refractivity contribution in [2.24, 2.45) is 10.9 Å². The van der Waals surface area contributed by atoms with Gasteiger partial charge in [-0.2, -0.15) is 0 Å². The molecule has 1 unspecified atom stereocenters. The van der Waals surface area contributed by atoms with E-state index >= 15 is 0 Å². The van der Waals surface area contributed by atoms with Crippen molar-refractivity contribution in [1.29, 1.82) is 0 Å². The molecule has 1 fully saturated rings. The van der Waals surface area contributed by atoms with Crippen LogP contribution in [0.3, 0.4) is 0 Å². The molecule has 22 heavy (non-hydrogen) atoms. The van der Waals surface area contributed by atoms with E-state index in [1.807, 2.05) is 19.1 Å². The number of allylic oxidation sites excluding steroid dienone is 1. The summed E-state index contributed by atoms with van der Waals surface area (Å²) in [6, 6.07) is 3.12. The van der Waals surface area contributed by atoms with Crippen LogP contribution in [0.5, 0.6) is 0 Å². The number of pyridine rings is 1. The van der Waals surface area contributed by atoms with Gasteiger partial charge < -0.3 is 10.6 Å². The average molecular weight is 298 g/mol. The van der Waals surface area contributed by atoms with Gasteiger partial charge in [0.15, 0.2) is 0 Å². The number of aliphatic imine (C=N–C) groups is 1. The van der Waals surface area contributed by atoms with Gasteiger partial charge in [-0.3, -0.25) is 14.6 Å². The molecule has 0 bridgehead atoms. The number of nitrogens with one attached hydrogen (secondary N) is 2. The fourth-order valence-corrected chi connectivity index (χ4v) is 2.17. The maximum Gasteiger partial charge on any atom is 0.251 e. The van der Waals surface area contributed by atoms with Crippen LogP contribution >= 0.6 is 0 Å². The standard InChI is InChI=1S/C16H18N4O2/c1-10-2-5-13(9-18-10)19-16(22)12-6-7-17-14(8-12)20-15(21)11-3-4-11/h2,5-8,11,13H,3-4,9H2,1H3,(H,19,22)(H,17,20,21). The summed E-state index contributed by atoms with van der Waals surface area (Å²) in [5, 5.41) is 5.64. The lowest BCUT2D eigenvalue weighted by molar-refractivity contribution is -0.117. The molecule has 114 valence electrons. The summed E-state index contributed by atoms with van der Waals surface area (Å²) >= 11 is 0. The number of carbonyl (C=O) groups excluding carboxylic acids is 2. The fourth-order valence-electron chi connectivity index (χ4n) is 2.17. The van der Waals surface area contributed by atoms with Crippen LogP contribution in [0.2, 0.25) is 0 Å². The topological polar surface area (TPSA) is 83.4 Å². The monoisotopic (exact) mass is 298 g/mol. The molecule has 0 aromatic carbocycles. The molecule has 1 atom stereocenters. The molecular formula is C16H18N4O2. The first-order chi connectivity index (χ1) is 10.6. The Labute approximate surface area is 128 Å². The number of rotatable bonds is 4. The van der Waals surface area contributed by atoms with E-state index in [1.165, 1.54) is 6.20 Å². The van der Waals surface area contributed by atoms with Gasteiger partial charge in [0, 0.05) is 23.4 Å². The van der Waals surface area contributed by atoms with E-state index in [4.69, 9.17) is 0 Å². The molecule has 6 nitrogen and oxygen atoms in total. The zero-order valence-corrected chi connectivity index (χ0v) is 12.4. The van der Waals surface area contributed by atoms with Gasteiger partial charge in [-0.05, 0) is 38.0 Å². The van der Waals surface area contributed by atoms with Gasteiger partial charge in [0.25, 0.3) is 5.91 Å². The van der Waals surface area contributed by atoms with Crippen molar-refractivity contribution < 1.29 is 9.59 Å². The third-order valence-corrected chi connectivity index (χ3v) is 3.65. The summed E-state index contributed by atoms with van der Waals surface area (Å²) < 4.78 is 0. The second kappa shape index (κ2) is 6.09. The molecular weight excluding hydrogens is 280 g/mol. The van der Waals surface area contributed by atoms with Crippen LogP contribution in [-0.4, -0.2) is 35.1 Å². The van der Waals surface area contributed by atoms with E-state index in [1.54, 1.807) is 12.1 Å². The first-order valence-corrected chi connectivity index (χ1v) is 7.39. The van der Waals surface area contributed by atoms with E-state index in [0.29, 0.717) is 17.9 Å². The van der Waals surface area contributed by atoms with Crippen LogP contribution in [0.15, 0.2) is 35.5 Å². The number of dihydropyridines is 1. The van der Waals surface area contributed by atoms with E-state index in [-0.39, 0.29) is 23.8 Å². The predicted molar refractivity (Wildman–Crippen MR) is 84.0 cm³/mol. The van der Waals surface area contributed by atoms with Crippen molar-refractivity contribution in [2.75, 3.05) is 11.9 Å². The average Bonchev–Trinajstić information content (AvgIpc) is 3.34. The minimum Gasteiger partial charge on any atom is -0.344 e. The van der Waals surface area contributed by atoms with Crippen molar-refractivity contribution in [1.82, 2.24) is 10.3 Å². The number of nitrogens with zero attached hydrogens (tertiary/aromatic N) is 2. The lowest BCUT2D eigenvalue weighted by Gasteiger charge is -2.16. The van der Waals surface area contributed by atoms with Gasteiger partial charge in [0.05, 0.1) is 12.6 Å². The van der Waals surface area contributed by atoms with Crippen LogP contribution in [0.1, 0.15) is 30.1 Å². The summed E-state index contributed by atoms with van der Waals surface area (Å²) in [5.74, 6) is 0.296. The third kappa shape index (κ3) is 3.58. The van der Waals surface area contributed by atoms with E-state index in [9.17, 15) is 9.59 Å². The van der Waals surface area contributed by atoms with Crippen LogP contribution in [0, 0.1) is 5.92 Å². The zero-order valence-electron chi connectivity index (χ0n) is 12.4. The van der Waals surface area contributed by atoms with Gasteiger partial charge in [-0.25, -0.2) is 4.98 Å². The molecule has 3 rings (SSSR count). The Hall–Kier alpha value is -2.50. The van der Waals surface area contributed by atoms with Crippen molar-refractivity contribution in [3.63, 3.8) is 0 Å². The molecule has 2 heterocycles. The van der Waals surface area contributed by atoms with Crippen LogP contribution in [0.25, 0.3) is 0 Å². The summed E-state index contributed by atoms with van der Waals surface area (Å²) in [6.45, 7) is 2.47. The van der Waals surface area contributed by atoms with Crippen molar-refractivity contribution >= 4 is 23.3 Å². The number of amides is 2. The highest BCUT2D eigenvalue weighted by Crippen LogP contribution is 2.29. The molecule has 1 aromatic rings. The first kappa shape index (κ1) is 14.4. The maximum atomic E-state index is 12.2. The number of hydrogen-bond acceptors (Lipinski definition) is 4. The molecule has 1 aliphatic heterocycles. The summed E-state index contributed by atoms with van der Waals surface area (Å²) in [4.78, 5) is 32.3. The van der Waals surface area contributed by atoms with Gasteiger partial charge in [-0.1, -0.05) is 6.08 Å². The quantitative estimate of drug-likeness (QED) is 0.884. The van der Waals surface area contributed by atoms with Gasteiger partial charge in [-0.15, -0.1) is 0 Å². The lowest BCUT2D eigenvalue weighted by atomic mass is 10.1. The van der Waals surface area contributed by atoms with E-state index in [0.717, 1.165) is 18.6 Å². The highest BCUT2D eigenvalue weighted by molar-refractivity contribution is 5.98. The molecule has 0 radical (unpaired) electrons. The van der Waals surface area contributed by atoms with Crippen LogP contribution < -0.4 is 10.6 Å². The smallest absolute Gasteiger partial charge is 0.251 e. The molecule has 2 aliphatic rings. The number of aromatic nitrogens is 1. The second-order valence-corrected chi connectivity index (χ2v) is 5.61. The Balaban J connectivity index is 1.62. The van der Waals surface area contributed by atoms with Crippen molar-refractivity contribution in [3.05, 3.63) is 36.0 Å². The lowest BCUT2D eigenvalue weighted by Crippen LogP contribution is -2.37.